The predicted octanol–water partition coefficient (Wildman–Crippen LogP) is 2.99. The van der Waals surface area contributed by atoms with Crippen molar-refractivity contribution in [3.05, 3.63) is 47.9 Å². The van der Waals surface area contributed by atoms with Crippen LogP contribution in [0.4, 0.5) is 4.39 Å². The second-order valence-electron chi connectivity index (χ2n) is 5.86. The molecular weight excluding hydrogens is 323 g/mol. The fraction of sp³-hybridized carbons (Fsp3) is 0.333. The number of hydrogen-bond acceptors (Lipinski definition) is 4. The average Bonchev–Trinajstić information content (AvgIpc) is 3.25. The van der Waals surface area contributed by atoms with Gasteiger partial charge in [0.05, 0.1) is 30.1 Å². The number of halogens is 1. The maximum atomic E-state index is 13.1. The standard InChI is InChI=1S/C18H21FN4O2/c1-3-25-18(24)14-9-21-23(11-14)15-4-5-17-16(6-15)13(8-20)10-22(17)12(2)7-19/h4-6,9-12H,3,7-8,20H2,1-2H3. The number of nitrogens with two attached hydrogens (primary N) is 1. The van der Waals surface area contributed by atoms with Crippen molar-refractivity contribution in [1.82, 2.24) is 14.3 Å². The summed E-state index contributed by atoms with van der Waals surface area (Å²) in [6.45, 7) is 3.81. The monoisotopic (exact) mass is 344 g/mol. The van der Waals surface area contributed by atoms with E-state index >= 15 is 0 Å². The first-order chi connectivity index (χ1) is 12.1. The van der Waals surface area contributed by atoms with Gasteiger partial charge in [-0.1, -0.05) is 0 Å². The van der Waals surface area contributed by atoms with Crippen LogP contribution in [-0.2, 0) is 11.3 Å². The number of fused-ring (bicyclic) bond motifs is 1. The van der Waals surface area contributed by atoms with Crippen LogP contribution in [0.1, 0.15) is 35.8 Å². The number of carbonyl (C=O) groups is 1. The van der Waals surface area contributed by atoms with Gasteiger partial charge in [-0.15, -0.1) is 0 Å². The molecule has 0 aliphatic heterocycles. The van der Waals surface area contributed by atoms with Gasteiger partial charge in [0.25, 0.3) is 0 Å². The largest absolute Gasteiger partial charge is 0.462 e. The number of alkyl halides is 1. The first-order valence-electron chi connectivity index (χ1n) is 8.20. The lowest BCUT2D eigenvalue weighted by Gasteiger charge is -2.11. The summed E-state index contributed by atoms with van der Waals surface area (Å²) >= 11 is 0. The molecule has 0 fully saturated rings. The molecule has 2 N–H and O–H groups in total. The van der Waals surface area contributed by atoms with Crippen LogP contribution in [0.5, 0.6) is 0 Å². The van der Waals surface area contributed by atoms with Gasteiger partial charge in [0.1, 0.15) is 6.67 Å². The van der Waals surface area contributed by atoms with Crippen LogP contribution in [-0.4, -0.2) is 33.6 Å². The van der Waals surface area contributed by atoms with Crippen LogP contribution in [0.25, 0.3) is 16.6 Å². The topological polar surface area (TPSA) is 75.1 Å². The molecule has 0 saturated carbocycles. The third-order valence-corrected chi connectivity index (χ3v) is 4.18. The molecule has 2 aromatic heterocycles. The Hall–Kier alpha value is -2.67. The minimum absolute atomic E-state index is 0.256. The number of aromatic nitrogens is 3. The van der Waals surface area contributed by atoms with Crippen LogP contribution < -0.4 is 5.73 Å². The number of hydrogen-bond donors (Lipinski definition) is 1. The summed E-state index contributed by atoms with van der Waals surface area (Å²) in [5, 5.41) is 5.18. The van der Waals surface area contributed by atoms with Crippen molar-refractivity contribution in [3.8, 4) is 5.69 Å². The third-order valence-electron chi connectivity index (χ3n) is 4.18. The highest BCUT2D eigenvalue weighted by Crippen LogP contribution is 2.27. The van der Waals surface area contributed by atoms with Crippen molar-refractivity contribution >= 4 is 16.9 Å². The Balaban J connectivity index is 2.03. The van der Waals surface area contributed by atoms with E-state index in [4.69, 9.17) is 10.5 Å². The van der Waals surface area contributed by atoms with Gasteiger partial charge < -0.3 is 15.0 Å². The van der Waals surface area contributed by atoms with Gasteiger partial charge in [-0.05, 0) is 37.6 Å². The lowest BCUT2D eigenvalue weighted by Crippen LogP contribution is -2.05. The number of benzene rings is 1. The third kappa shape index (κ3) is 3.15. The van der Waals surface area contributed by atoms with E-state index in [2.05, 4.69) is 5.10 Å². The van der Waals surface area contributed by atoms with E-state index in [-0.39, 0.29) is 6.04 Å². The van der Waals surface area contributed by atoms with Gasteiger partial charge in [-0.2, -0.15) is 5.10 Å². The Morgan fingerprint density at radius 1 is 1.40 bits per heavy atom. The summed E-state index contributed by atoms with van der Waals surface area (Å²) in [7, 11) is 0. The van der Waals surface area contributed by atoms with E-state index < -0.39 is 12.6 Å². The molecule has 132 valence electrons. The van der Waals surface area contributed by atoms with Crippen molar-refractivity contribution < 1.29 is 13.9 Å². The highest BCUT2D eigenvalue weighted by molar-refractivity contribution is 5.89. The van der Waals surface area contributed by atoms with Gasteiger partial charge in [0.15, 0.2) is 0 Å². The molecule has 6 nitrogen and oxygen atoms in total. The normalized spacial score (nSPS) is 12.5. The molecule has 1 atom stereocenters. The molecule has 0 aliphatic rings. The second kappa shape index (κ2) is 7.06. The first-order valence-corrected chi connectivity index (χ1v) is 8.20. The van der Waals surface area contributed by atoms with Crippen molar-refractivity contribution in [2.75, 3.05) is 13.3 Å². The molecule has 0 bridgehead atoms. The molecule has 2 heterocycles. The molecule has 3 rings (SSSR count). The molecular formula is C18H21FN4O2. The zero-order valence-corrected chi connectivity index (χ0v) is 14.3. The zero-order valence-electron chi connectivity index (χ0n) is 14.3. The maximum absolute atomic E-state index is 13.1. The summed E-state index contributed by atoms with van der Waals surface area (Å²) in [6, 6.07) is 5.49. The van der Waals surface area contributed by atoms with Crippen molar-refractivity contribution in [2.45, 2.75) is 26.4 Å². The number of esters is 1. The highest BCUT2D eigenvalue weighted by atomic mass is 19.1. The SMILES string of the molecule is CCOC(=O)c1cnn(-c2ccc3c(c2)c(CN)cn3C(C)CF)c1. The molecule has 1 aromatic carbocycles. The molecule has 7 heteroatoms. The summed E-state index contributed by atoms with van der Waals surface area (Å²) in [5.74, 6) is -0.402. The Kier molecular flexibility index (Phi) is 4.85. The molecule has 0 saturated heterocycles. The van der Waals surface area contributed by atoms with Gasteiger partial charge in [-0.25, -0.2) is 13.9 Å². The summed E-state index contributed by atoms with van der Waals surface area (Å²) in [5.41, 5.74) is 8.90. The quantitative estimate of drug-likeness (QED) is 0.698. The Bertz CT molecular complexity index is 900. The van der Waals surface area contributed by atoms with Gasteiger partial charge in [0, 0.05) is 29.8 Å². The van der Waals surface area contributed by atoms with Crippen LogP contribution in [0.15, 0.2) is 36.8 Å². The van der Waals surface area contributed by atoms with Crippen molar-refractivity contribution in [1.29, 1.82) is 0 Å². The van der Waals surface area contributed by atoms with Crippen LogP contribution in [0.3, 0.4) is 0 Å². The number of nitrogens with zero attached hydrogens (tertiary/aromatic N) is 3. The lowest BCUT2D eigenvalue weighted by atomic mass is 10.1. The van der Waals surface area contributed by atoms with Gasteiger partial charge in [0.2, 0.25) is 0 Å². The van der Waals surface area contributed by atoms with Crippen molar-refractivity contribution in [2.24, 2.45) is 5.73 Å². The smallest absolute Gasteiger partial charge is 0.341 e. The van der Waals surface area contributed by atoms with Crippen LogP contribution in [0.2, 0.25) is 0 Å². The van der Waals surface area contributed by atoms with Gasteiger partial charge >= 0.3 is 5.97 Å². The summed E-state index contributed by atoms with van der Waals surface area (Å²) in [6.07, 6.45) is 5.00. The van der Waals surface area contributed by atoms with E-state index in [1.165, 1.54) is 6.20 Å². The van der Waals surface area contributed by atoms with E-state index in [0.717, 1.165) is 22.2 Å². The molecule has 0 aliphatic carbocycles. The Morgan fingerprint density at radius 2 is 2.20 bits per heavy atom. The molecule has 0 radical (unpaired) electrons. The fourth-order valence-electron chi connectivity index (χ4n) is 2.84. The highest BCUT2D eigenvalue weighted by Gasteiger charge is 2.14. The van der Waals surface area contributed by atoms with E-state index in [1.54, 1.807) is 17.8 Å². The second-order valence-corrected chi connectivity index (χ2v) is 5.86. The summed E-state index contributed by atoms with van der Waals surface area (Å²) < 4.78 is 21.6. The maximum Gasteiger partial charge on any atom is 0.341 e. The molecule has 3 aromatic rings. The van der Waals surface area contributed by atoms with E-state index in [0.29, 0.717) is 18.7 Å². The Labute approximate surface area is 145 Å². The predicted molar refractivity (Wildman–Crippen MR) is 93.6 cm³/mol. The number of ether oxygens (including phenoxy) is 1. The number of carbonyl (C=O) groups excluding carboxylic acids is 1. The van der Waals surface area contributed by atoms with E-state index in [9.17, 15) is 9.18 Å². The average molecular weight is 344 g/mol. The minimum Gasteiger partial charge on any atom is -0.462 e. The molecule has 1 unspecified atom stereocenters. The zero-order chi connectivity index (χ0) is 18.0. The van der Waals surface area contributed by atoms with Gasteiger partial charge in [-0.3, -0.25) is 0 Å². The lowest BCUT2D eigenvalue weighted by molar-refractivity contribution is 0.0526. The molecule has 0 amide bonds. The van der Waals surface area contributed by atoms with E-state index in [1.807, 2.05) is 35.9 Å². The number of rotatable bonds is 6. The minimum atomic E-state index is -0.447. The fourth-order valence-corrected chi connectivity index (χ4v) is 2.84. The molecule has 0 spiro atoms. The first kappa shape index (κ1) is 17.2. The summed E-state index contributed by atoms with van der Waals surface area (Å²) in [4.78, 5) is 11.8. The van der Waals surface area contributed by atoms with Crippen LogP contribution >= 0.6 is 0 Å². The molecule has 25 heavy (non-hydrogen) atoms. The Morgan fingerprint density at radius 3 is 2.88 bits per heavy atom. The van der Waals surface area contributed by atoms with Crippen LogP contribution in [0, 0.1) is 0 Å². The van der Waals surface area contributed by atoms with Crippen molar-refractivity contribution in [3.63, 3.8) is 0 Å².